The fourth-order valence-corrected chi connectivity index (χ4v) is 2.53. The molecule has 1 N–H and O–H groups in total. The predicted octanol–water partition coefficient (Wildman–Crippen LogP) is 4.64. The Labute approximate surface area is 121 Å². The van der Waals surface area contributed by atoms with E-state index in [0.29, 0.717) is 11.3 Å². The lowest BCUT2D eigenvalue weighted by Gasteiger charge is -2.09. The zero-order chi connectivity index (χ0) is 13.1. The lowest BCUT2D eigenvalue weighted by atomic mass is 10.2. The van der Waals surface area contributed by atoms with Crippen LogP contribution >= 0.6 is 31.9 Å². The van der Waals surface area contributed by atoms with E-state index in [1.54, 1.807) is 18.2 Å². The molecule has 0 aliphatic heterocycles. The van der Waals surface area contributed by atoms with Crippen LogP contribution in [0.2, 0.25) is 0 Å². The molecule has 18 heavy (non-hydrogen) atoms. The maximum atomic E-state index is 13.7. The van der Waals surface area contributed by atoms with Gasteiger partial charge in [-0.3, -0.25) is 0 Å². The molecule has 0 fully saturated rings. The van der Waals surface area contributed by atoms with Crippen LogP contribution in [-0.4, -0.2) is 5.11 Å². The number of ether oxygens (including phenoxy) is 1. The van der Waals surface area contributed by atoms with Gasteiger partial charge in [-0.05, 0) is 51.8 Å². The molecule has 0 saturated heterocycles. The van der Waals surface area contributed by atoms with Gasteiger partial charge in [-0.25, -0.2) is 4.39 Å². The molecule has 94 valence electrons. The summed E-state index contributed by atoms with van der Waals surface area (Å²) < 4.78 is 20.8. The number of hydrogen-bond donors (Lipinski definition) is 1. The van der Waals surface area contributed by atoms with Crippen LogP contribution in [0, 0.1) is 5.82 Å². The van der Waals surface area contributed by atoms with E-state index in [1.165, 1.54) is 12.1 Å². The Balaban J connectivity index is 2.28. The second-order valence-corrected chi connectivity index (χ2v) is 5.37. The standard InChI is InChI=1S/C13H9Br2FO2/c14-9-2-4-12(10(15)6-9)18-13-3-1-8(7-17)5-11(13)16/h1-6,17H,7H2. The SMILES string of the molecule is OCc1ccc(Oc2ccc(Br)cc2Br)c(F)c1. The summed E-state index contributed by atoms with van der Waals surface area (Å²) in [6.45, 7) is -0.195. The van der Waals surface area contributed by atoms with Crippen molar-refractivity contribution in [2.45, 2.75) is 6.61 Å². The summed E-state index contributed by atoms with van der Waals surface area (Å²) in [6.07, 6.45) is 0. The van der Waals surface area contributed by atoms with E-state index in [2.05, 4.69) is 31.9 Å². The molecule has 2 aromatic carbocycles. The summed E-state index contributed by atoms with van der Waals surface area (Å²) in [6, 6.07) is 9.71. The number of benzene rings is 2. The Morgan fingerprint density at radius 3 is 2.39 bits per heavy atom. The predicted molar refractivity (Wildman–Crippen MR) is 74.2 cm³/mol. The smallest absolute Gasteiger partial charge is 0.166 e. The summed E-state index contributed by atoms with van der Waals surface area (Å²) in [5.41, 5.74) is 0.509. The highest BCUT2D eigenvalue weighted by molar-refractivity contribution is 9.11. The topological polar surface area (TPSA) is 29.5 Å². The van der Waals surface area contributed by atoms with Crippen molar-refractivity contribution in [3.05, 3.63) is 56.7 Å². The average molecular weight is 376 g/mol. The van der Waals surface area contributed by atoms with Gasteiger partial charge >= 0.3 is 0 Å². The van der Waals surface area contributed by atoms with E-state index in [9.17, 15) is 4.39 Å². The third-order valence-corrected chi connectivity index (χ3v) is 3.41. The van der Waals surface area contributed by atoms with Gasteiger partial charge in [-0.15, -0.1) is 0 Å². The van der Waals surface area contributed by atoms with Crippen molar-refractivity contribution in [2.24, 2.45) is 0 Å². The minimum Gasteiger partial charge on any atom is -0.453 e. The largest absolute Gasteiger partial charge is 0.453 e. The molecule has 0 heterocycles. The second-order valence-electron chi connectivity index (χ2n) is 3.60. The van der Waals surface area contributed by atoms with E-state index in [1.807, 2.05) is 6.07 Å². The maximum Gasteiger partial charge on any atom is 0.166 e. The van der Waals surface area contributed by atoms with Crippen molar-refractivity contribution in [2.75, 3.05) is 0 Å². The van der Waals surface area contributed by atoms with Crippen molar-refractivity contribution < 1.29 is 14.2 Å². The average Bonchev–Trinajstić information content (AvgIpc) is 2.34. The Bertz CT molecular complexity index is 573. The monoisotopic (exact) mass is 374 g/mol. The van der Waals surface area contributed by atoms with Crippen LogP contribution in [0.1, 0.15) is 5.56 Å². The first-order valence-electron chi connectivity index (χ1n) is 5.12. The minimum atomic E-state index is -0.503. The summed E-state index contributed by atoms with van der Waals surface area (Å²) in [5, 5.41) is 8.90. The van der Waals surface area contributed by atoms with Crippen LogP contribution < -0.4 is 4.74 Å². The van der Waals surface area contributed by atoms with Crippen molar-refractivity contribution in [3.8, 4) is 11.5 Å². The van der Waals surface area contributed by atoms with Crippen LogP contribution in [0.5, 0.6) is 11.5 Å². The van der Waals surface area contributed by atoms with E-state index in [4.69, 9.17) is 9.84 Å². The molecule has 0 unspecified atom stereocenters. The van der Waals surface area contributed by atoms with Gasteiger partial charge in [-0.1, -0.05) is 22.0 Å². The molecule has 0 amide bonds. The van der Waals surface area contributed by atoms with Crippen molar-refractivity contribution >= 4 is 31.9 Å². The molecule has 0 saturated carbocycles. The van der Waals surface area contributed by atoms with Gasteiger partial charge in [-0.2, -0.15) is 0 Å². The maximum absolute atomic E-state index is 13.7. The molecule has 0 radical (unpaired) electrons. The quantitative estimate of drug-likeness (QED) is 0.847. The van der Waals surface area contributed by atoms with Gasteiger partial charge in [0, 0.05) is 4.47 Å². The third-order valence-electron chi connectivity index (χ3n) is 2.29. The molecule has 5 heteroatoms. The highest BCUT2D eigenvalue weighted by Gasteiger charge is 2.08. The summed E-state index contributed by atoms with van der Waals surface area (Å²) in [4.78, 5) is 0. The molecule has 0 bridgehead atoms. The number of aliphatic hydroxyl groups excluding tert-OH is 1. The Morgan fingerprint density at radius 2 is 1.78 bits per heavy atom. The van der Waals surface area contributed by atoms with Gasteiger partial charge in [0.15, 0.2) is 11.6 Å². The number of rotatable bonds is 3. The summed E-state index contributed by atoms with van der Waals surface area (Å²) in [5.74, 6) is 0.139. The number of halogens is 3. The van der Waals surface area contributed by atoms with Crippen LogP contribution in [0.4, 0.5) is 4.39 Å². The van der Waals surface area contributed by atoms with Gasteiger partial charge in [0.25, 0.3) is 0 Å². The third kappa shape index (κ3) is 3.10. The Hall–Kier alpha value is -0.910. The van der Waals surface area contributed by atoms with E-state index in [-0.39, 0.29) is 12.4 Å². The molecular formula is C13H9Br2FO2. The van der Waals surface area contributed by atoms with E-state index >= 15 is 0 Å². The fraction of sp³-hybridized carbons (Fsp3) is 0.0769. The first-order valence-corrected chi connectivity index (χ1v) is 6.71. The molecule has 0 aromatic heterocycles. The van der Waals surface area contributed by atoms with Crippen LogP contribution in [0.15, 0.2) is 45.3 Å². The first-order chi connectivity index (χ1) is 8.60. The lowest BCUT2D eigenvalue weighted by Crippen LogP contribution is -1.91. The van der Waals surface area contributed by atoms with Gasteiger partial charge in [0.1, 0.15) is 5.75 Å². The zero-order valence-corrected chi connectivity index (χ0v) is 12.3. The molecule has 0 atom stereocenters. The molecule has 0 aliphatic carbocycles. The molecule has 2 rings (SSSR count). The Kier molecular flexibility index (Phi) is 4.37. The normalized spacial score (nSPS) is 10.4. The summed E-state index contributed by atoms with van der Waals surface area (Å²) >= 11 is 6.67. The van der Waals surface area contributed by atoms with Crippen molar-refractivity contribution in [1.82, 2.24) is 0 Å². The highest BCUT2D eigenvalue weighted by atomic mass is 79.9. The van der Waals surface area contributed by atoms with Gasteiger partial charge in [0.2, 0.25) is 0 Å². The highest BCUT2D eigenvalue weighted by Crippen LogP contribution is 2.33. The summed E-state index contributed by atoms with van der Waals surface area (Å²) in [7, 11) is 0. The van der Waals surface area contributed by atoms with Gasteiger partial charge in [0.05, 0.1) is 11.1 Å². The van der Waals surface area contributed by atoms with E-state index < -0.39 is 5.82 Å². The van der Waals surface area contributed by atoms with Crippen molar-refractivity contribution in [3.63, 3.8) is 0 Å². The van der Waals surface area contributed by atoms with Crippen LogP contribution in [0.3, 0.4) is 0 Å². The fourth-order valence-electron chi connectivity index (χ4n) is 1.40. The Morgan fingerprint density at radius 1 is 1.06 bits per heavy atom. The van der Waals surface area contributed by atoms with Crippen LogP contribution in [0.25, 0.3) is 0 Å². The zero-order valence-electron chi connectivity index (χ0n) is 9.16. The van der Waals surface area contributed by atoms with Crippen LogP contribution in [-0.2, 0) is 6.61 Å². The molecular weight excluding hydrogens is 367 g/mol. The van der Waals surface area contributed by atoms with Gasteiger partial charge < -0.3 is 9.84 Å². The van der Waals surface area contributed by atoms with Crippen molar-refractivity contribution in [1.29, 1.82) is 0 Å². The molecule has 0 aliphatic rings. The first kappa shape index (κ1) is 13.5. The molecule has 2 aromatic rings. The molecule has 2 nitrogen and oxygen atoms in total. The number of aliphatic hydroxyl groups is 1. The lowest BCUT2D eigenvalue weighted by molar-refractivity contribution is 0.281. The minimum absolute atomic E-state index is 0.121. The van der Waals surface area contributed by atoms with E-state index in [0.717, 1.165) is 8.95 Å². The second kappa shape index (κ2) is 5.82. The number of hydrogen-bond acceptors (Lipinski definition) is 2. The molecule has 0 spiro atoms.